The Morgan fingerprint density at radius 3 is 2.57 bits per heavy atom. The number of rotatable bonds is 11. The summed E-state index contributed by atoms with van der Waals surface area (Å²) in [5, 5.41) is 6.74. The van der Waals surface area contributed by atoms with Gasteiger partial charge in [0.2, 0.25) is 5.91 Å². The lowest BCUT2D eigenvalue weighted by molar-refractivity contribution is -0.121. The number of amides is 2. The molecule has 0 saturated heterocycles. The number of benzene rings is 2. The fraction of sp³-hybridized carbons (Fsp3) is 0.222. The molecule has 0 aliphatic rings. The molecule has 4 aromatic rings. The van der Waals surface area contributed by atoms with E-state index in [9.17, 15) is 14.0 Å². The van der Waals surface area contributed by atoms with E-state index in [-0.39, 0.29) is 43.5 Å². The highest BCUT2D eigenvalue weighted by molar-refractivity contribution is 5.93. The maximum atomic E-state index is 13.4. The number of hydrogen-bond donors (Lipinski definition) is 1. The average Bonchev–Trinajstić information content (AvgIpc) is 3.62. The lowest BCUT2D eigenvalue weighted by atomic mass is 10.1. The van der Waals surface area contributed by atoms with Gasteiger partial charge in [-0.15, -0.1) is 0 Å². The Labute approximate surface area is 212 Å². The molecule has 0 radical (unpaired) electrons. The molecule has 0 unspecified atom stereocenters. The lowest BCUT2D eigenvalue weighted by Gasteiger charge is -2.20. The number of carbonyl (C=O) groups is 2. The molecule has 0 bridgehead atoms. The summed E-state index contributed by atoms with van der Waals surface area (Å²) >= 11 is 0. The monoisotopic (exact) mass is 507 g/mol. The van der Waals surface area contributed by atoms with Gasteiger partial charge < -0.3 is 28.6 Å². The van der Waals surface area contributed by atoms with E-state index >= 15 is 0 Å². The average molecular weight is 508 g/mol. The lowest BCUT2D eigenvalue weighted by Crippen LogP contribution is -2.35. The second-order valence-corrected chi connectivity index (χ2v) is 8.10. The minimum absolute atomic E-state index is 0.0437. The predicted molar refractivity (Wildman–Crippen MR) is 131 cm³/mol. The van der Waals surface area contributed by atoms with Gasteiger partial charge in [-0.05, 0) is 48.0 Å². The number of ether oxygens (including phenoxy) is 2. The van der Waals surface area contributed by atoms with Gasteiger partial charge in [0.1, 0.15) is 23.1 Å². The summed E-state index contributed by atoms with van der Waals surface area (Å²) in [5.41, 5.74) is 1.41. The number of hydrogen-bond acceptors (Lipinski definition) is 7. The highest BCUT2D eigenvalue weighted by Crippen LogP contribution is 2.34. The molecule has 4 rings (SSSR count). The van der Waals surface area contributed by atoms with Gasteiger partial charge in [0.25, 0.3) is 5.91 Å². The maximum Gasteiger partial charge on any atom is 0.276 e. The molecule has 0 atom stereocenters. The number of nitrogens with zero attached hydrogens (tertiary/aromatic N) is 2. The molecule has 2 heterocycles. The first kappa shape index (κ1) is 25.5. The molecule has 0 aliphatic carbocycles. The van der Waals surface area contributed by atoms with Gasteiger partial charge >= 0.3 is 0 Å². The van der Waals surface area contributed by atoms with Gasteiger partial charge in [-0.1, -0.05) is 17.3 Å². The summed E-state index contributed by atoms with van der Waals surface area (Å²) in [6, 6.07) is 16.0. The Morgan fingerprint density at radius 2 is 1.86 bits per heavy atom. The van der Waals surface area contributed by atoms with Crippen LogP contribution in [0.15, 0.2) is 75.9 Å². The molecule has 2 amide bonds. The van der Waals surface area contributed by atoms with E-state index < -0.39 is 5.91 Å². The second-order valence-electron chi connectivity index (χ2n) is 8.10. The van der Waals surface area contributed by atoms with E-state index in [1.165, 1.54) is 36.5 Å². The highest BCUT2D eigenvalue weighted by atomic mass is 19.1. The molecule has 0 fully saturated rings. The van der Waals surface area contributed by atoms with E-state index in [4.69, 9.17) is 18.4 Å². The van der Waals surface area contributed by atoms with Crippen molar-refractivity contribution in [2.24, 2.45) is 0 Å². The van der Waals surface area contributed by atoms with Crippen LogP contribution >= 0.6 is 0 Å². The van der Waals surface area contributed by atoms with Crippen molar-refractivity contribution < 1.29 is 32.4 Å². The quantitative estimate of drug-likeness (QED) is 0.320. The summed E-state index contributed by atoms with van der Waals surface area (Å²) in [6.45, 7) is 0.501. The summed E-state index contributed by atoms with van der Waals surface area (Å²) in [5.74, 6) is 0.964. The first-order valence-electron chi connectivity index (χ1n) is 11.5. The fourth-order valence-corrected chi connectivity index (χ4v) is 3.64. The molecule has 0 spiro atoms. The van der Waals surface area contributed by atoms with Gasteiger partial charge in [0.05, 0.1) is 32.6 Å². The van der Waals surface area contributed by atoms with Crippen LogP contribution in [0.2, 0.25) is 0 Å². The largest absolute Gasteiger partial charge is 0.497 e. The molecule has 37 heavy (non-hydrogen) atoms. The van der Waals surface area contributed by atoms with Crippen LogP contribution in [-0.2, 0) is 17.9 Å². The van der Waals surface area contributed by atoms with Crippen LogP contribution in [-0.4, -0.2) is 42.6 Å². The van der Waals surface area contributed by atoms with Crippen LogP contribution in [0.4, 0.5) is 4.39 Å². The Balaban J connectivity index is 1.46. The van der Waals surface area contributed by atoms with E-state index in [1.54, 1.807) is 49.6 Å². The van der Waals surface area contributed by atoms with Gasteiger partial charge in [-0.25, -0.2) is 4.39 Å². The van der Waals surface area contributed by atoms with Crippen LogP contribution in [0.3, 0.4) is 0 Å². The minimum Gasteiger partial charge on any atom is -0.497 e. The summed E-state index contributed by atoms with van der Waals surface area (Å²) in [4.78, 5) is 27.3. The van der Waals surface area contributed by atoms with Crippen molar-refractivity contribution in [2.75, 3.05) is 20.8 Å². The van der Waals surface area contributed by atoms with E-state index in [0.717, 1.165) is 5.56 Å². The van der Waals surface area contributed by atoms with Gasteiger partial charge in [-0.2, -0.15) is 0 Å². The third-order valence-corrected chi connectivity index (χ3v) is 5.63. The zero-order valence-corrected chi connectivity index (χ0v) is 20.4. The standard InChI is InChI=1S/C27H26FN3O6/c1-34-20-9-10-24(35-2)22(14-20)25-15-23(30-37-25)27(33)31(17-21-4-3-13-36-21)12-11-26(32)29-16-18-5-7-19(28)8-6-18/h3-10,13-15H,11-12,16-17H2,1-2H3,(H,29,32). The molecule has 10 heteroatoms. The van der Waals surface area contributed by atoms with Crippen LogP contribution < -0.4 is 14.8 Å². The zero-order chi connectivity index (χ0) is 26.2. The van der Waals surface area contributed by atoms with Crippen molar-refractivity contribution >= 4 is 11.8 Å². The third kappa shape index (κ3) is 6.54. The number of carbonyl (C=O) groups excluding carboxylic acids is 2. The zero-order valence-electron chi connectivity index (χ0n) is 20.4. The van der Waals surface area contributed by atoms with Crippen molar-refractivity contribution in [3.05, 3.63) is 89.8 Å². The van der Waals surface area contributed by atoms with E-state index in [0.29, 0.717) is 28.6 Å². The molecule has 2 aromatic carbocycles. The number of halogens is 1. The van der Waals surface area contributed by atoms with Crippen LogP contribution in [0.25, 0.3) is 11.3 Å². The van der Waals surface area contributed by atoms with Crippen LogP contribution in [0, 0.1) is 5.82 Å². The highest BCUT2D eigenvalue weighted by Gasteiger charge is 2.23. The minimum atomic E-state index is -0.431. The Kier molecular flexibility index (Phi) is 8.19. The predicted octanol–water partition coefficient (Wildman–Crippen LogP) is 4.44. The van der Waals surface area contributed by atoms with Crippen molar-refractivity contribution in [1.82, 2.24) is 15.4 Å². The third-order valence-electron chi connectivity index (χ3n) is 5.63. The summed E-state index contributed by atoms with van der Waals surface area (Å²) in [6.07, 6.45) is 1.55. The number of nitrogens with one attached hydrogen (secondary N) is 1. The van der Waals surface area contributed by atoms with E-state index in [2.05, 4.69) is 10.5 Å². The second kappa shape index (κ2) is 11.9. The Hall–Kier alpha value is -4.60. The molecule has 192 valence electrons. The van der Waals surface area contributed by atoms with Crippen LogP contribution in [0.5, 0.6) is 11.5 Å². The van der Waals surface area contributed by atoms with Gasteiger partial charge in [0.15, 0.2) is 11.5 Å². The molecule has 9 nitrogen and oxygen atoms in total. The Bertz CT molecular complexity index is 1330. The SMILES string of the molecule is COc1ccc(OC)c(-c2cc(C(=O)N(CCC(=O)NCc3ccc(F)cc3)Cc3ccco3)no2)c1. The van der Waals surface area contributed by atoms with Gasteiger partial charge in [-0.3, -0.25) is 9.59 Å². The Morgan fingerprint density at radius 1 is 1.05 bits per heavy atom. The smallest absolute Gasteiger partial charge is 0.276 e. The molecular formula is C27H26FN3O6. The number of methoxy groups -OCH3 is 2. The van der Waals surface area contributed by atoms with Crippen molar-refractivity contribution in [3.63, 3.8) is 0 Å². The summed E-state index contributed by atoms with van der Waals surface area (Å²) in [7, 11) is 3.07. The van der Waals surface area contributed by atoms with Crippen molar-refractivity contribution in [3.8, 4) is 22.8 Å². The molecule has 1 N–H and O–H groups in total. The number of furan rings is 1. The van der Waals surface area contributed by atoms with E-state index in [1.807, 2.05) is 0 Å². The molecule has 0 aliphatic heterocycles. The normalized spacial score (nSPS) is 10.7. The van der Waals surface area contributed by atoms with Crippen molar-refractivity contribution in [1.29, 1.82) is 0 Å². The van der Waals surface area contributed by atoms with Crippen molar-refractivity contribution in [2.45, 2.75) is 19.5 Å². The first-order valence-corrected chi connectivity index (χ1v) is 11.5. The number of aromatic nitrogens is 1. The maximum absolute atomic E-state index is 13.4. The van der Waals surface area contributed by atoms with Crippen LogP contribution in [0.1, 0.15) is 28.2 Å². The first-order chi connectivity index (χ1) is 18.0. The molecule has 2 aromatic heterocycles. The fourth-order valence-electron chi connectivity index (χ4n) is 3.64. The summed E-state index contributed by atoms with van der Waals surface area (Å²) < 4.78 is 34.6. The topological polar surface area (TPSA) is 107 Å². The van der Waals surface area contributed by atoms with Gasteiger partial charge in [0, 0.05) is 25.6 Å². The molecular weight excluding hydrogens is 481 g/mol. The molecule has 0 saturated carbocycles.